The minimum atomic E-state index is 0. The van der Waals surface area contributed by atoms with Crippen molar-refractivity contribution in [3.63, 3.8) is 0 Å². The Labute approximate surface area is 165 Å². The summed E-state index contributed by atoms with van der Waals surface area (Å²) in [6.07, 6.45) is 3.44. The molecular weight excluding hydrogens is 433 g/mol. The van der Waals surface area contributed by atoms with Crippen molar-refractivity contribution in [2.75, 3.05) is 6.54 Å². The molecule has 25 heavy (non-hydrogen) atoms. The molecule has 0 atom stereocenters. The van der Waals surface area contributed by atoms with Crippen molar-refractivity contribution >= 4 is 29.9 Å². The van der Waals surface area contributed by atoms with Crippen molar-refractivity contribution in [3.05, 3.63) is 36.0 Å². The van der Waals surface area contributed by atoms with E-state index in [0.717, 1.165) is 23.9 Å². The van der Waals surface area contributed by atoms with Crippen LogP contribution in [0.15, 0.2) is 29.6 Å². The van der Waals surface area contributed by atoms with E-state index in [1.165, 1.54) is 6.33 Å². The van der Waals surface area contributed by atoms with E-state index >= 15 is 0 Å². The predicted octanol–water partition coefficient (Wildman–Crippen LogP) is 1.87. The van der Waals surface area contributed by atoms with Crippen molar-refractivity contribution in [1.29, 1.82) is 0 Å². The number of aromatic nitrogens is 4. The maximum absolute atomic E-state index is 5.54. The van der Waals surface area contributed by atoms with Crippen LogP contribution in [0.2, 0.25) is 0 Å². The molecule has 2 N–H and O–H groups in total. The van der Waals surface area contributed by atoms with E-state index in [2.05, 4.69) is 30.7 Å². The van der Waals surface area contributed by atoms with Crippen LogP contribution in [-0.4, -0.2) is 38.4 Å². The Kier molecular flexibility index (Phi) is 9.17. The first-order valence-corrected chi connectivity index (χ1v) is 8.05. The molecule has 2 aromatic rings. The standard InChI is InChI=1S/C16H25N7O.HI/c1-5-17-16(20-10-14-21-11-22-23(14)4)19-9-13-6-7-15(18-8-13)24-12(2)3;/h6-8,11-12H,5,9-10H2,1-4H3,(H2,17,19,20);1H. The third kappa shape index (κ3) is 7.24. The number of pyridine rings is 1. The number of ether oxygens (including phenoxy) is 1. The lowest BCUT2D eigenvalue weighted by Gasteiger charge is -2.11. The number of aryl methyl sites for hydroxylation is 1. The molecule has 2 heterocycles. The molecule has 138 valence electrons. The number of nitrogens with one attached hydrogen (secondary N) is 2. The Morgan fingerprint density at radius 2 is 2.08 bits per heavy atom. The average molecular weight is 459 g/mol. The topological polar surface area (TPSA) is 89.2 Å². The molecule has 0 aliphatic carbocycles. The summed E-state index contributed by atoms with van der Waals surface area (Å²) in [7, 11) is 1.86. The van der Waals surface area contributed by atoms with Crippen LogP contribution in [0.1, 0.15) is 32.2 Å². The molecule has 0 spiro atoms. The normalized spacial score (nSPS) is 11.2. The maximum Gasteiger partial charge on any atom is 0.213 e. The van der Waals surface area contributed by atoms with E-state index in [0.29, 0.717) is 19.0 Å². The molecule has 2 rings (SSSR count). The van der Waals surface area contributed by atoms with E-state index in [9.17, 15) is 0 Å². The number of hydrogen-bond donors (Lipinski definition) is 2. The third-order valence-corrected chi connectivity index (χ3v) is 3.14. The first kappa shape index (κ1) is 21.1. The molecule has 0 radical (unpaired) electrons. The lowest BCUT2D eigenvalue weighted by atomic mass is 10.3. The van der Waals surface area contributed by atoms with Gasteiger partial charge in [-0.25, -0.2) is 15.0 Å². The second kappa shape index (κ2) is 10.9. The monoisotopic (exact) mass is 459 g/mol. The van der Waals surface area contributed by atoms with Crippen molar-refractivity contribution in [2.24, 2.45) is 12.0 Å². The molecule has 0 amide bonds. The van der Waals surface area contributed by atoms with Gasteiger partial charge >= 0.3 is 0 Å². The molecule has 0 unspecified atom stereocenters. The van der Waals surface area contributed by atoms with E-state index in [1.807, 2.05) is 40.0 Å². The first-order chi connectivity index (χ1) is 11.6. The van der Waals surface area contributed by atoms with Gasteiger partial charge in [0.1, 0.15) is 12.2 Å². The van der Waals surface area contributed by atoms with Crippen LogP contribution < -0.4 is 15.4 Å². The van der Waals surface area contributed by atoms with Gasteiger partial charge in [0.05, 0.1) is 19.2 Å². The van der Waals surface area contributed by atoms with E-state index < -0.39 is 0 Å². The Hall–Kier alpha value is -1.91. The quantitative estimate of drug-likeness (QED) is 0.374. The summed E-state index contributed by atoms with van der Waals surface area (Å²) < 4.78 is 7.27. The Bertz CT molecular complexity index is 655. The molecule has 0 bridgehead atoms. The van der Waals surface area contributed by atoms with Gasteiger partial charge in [-0.2, -0.15) is 5.10 Å². The molecule has 0 saturated carbocycles. The summed E-state index contributed by atoms with van der Waals surface area (Å²) in [6.45, 7) is 7.85. The van der Waals surface area contributed by atoms with E-state index in [1.54, 1.807) is 10.9 Å². The zero-order valence-corrected chi connectivity index (χ0v) is 17.4. The second-order valence-corrected chi connectivity index (χ2v) is 5.52. The minimum Gasteiger partial charge on any atom is -0.475 e. The van der Waals surface area contributed by atoms with Crippen LogP contribution in [0.3, 0.4) is 0 Å². The molecule has 0 aliphatic heterocycles. The van der Waals surface area contributed by atoms with Crippen molar-refractivity contribution in [3.8, 4) is 5.88 Å². The van der Waals surface area contributed by atoms with Gasteiger partial charge in [-0.1, -0.05) is 6.07 Å². The van der Waals surface area contributed by atoms with E-state index in [-0.39, 0.29) is 30.1 Å². The van der Waals surface area contributed by atoms with Crippen LogP contribution in [0.5, 0.6) is 5.88 Å². The number of aliphatic imine (C=N–C) groups is 1. The molecule has 0 aromatic carbocycles. The van der Waals surface area contributed by atoms with Crippen molar-refractivity contribution < 1.29 is 4.74 Å². The highest BCUT2D eigenvalue weighted by Gasteiger charge is 2.03. The summed E-state index contributed by atoms with van der Waals surface area (Å²) in [5, 5.41) is 10.5. The number of halogens is 1. The highest BCUT2D eigenvalue weighted by atomic mass is 127. The fraction of sp³-hybridized carbons (Fsp3) is 0.500. The van der Waals surface area contributed by atoms with Crippen molar-refractivity contribution in [1.82, 2.24) is 30.4 Å². The third-order valence-electron chi connectivity index (χ3n) is 3.14. The number of guanidine groups is 1. The fourth-order valence-electron chi connectivity index (χ4n) is 1.97. The average Bonchev–Trinajstić information content (AvgIpc) is 2.96. The largest absolute Gasteiger partial charge is 0.475 e. The molecule has 8 nitrogen and oxygen atoms in total. The van der Waals surface area contributed by atoms with Crippen molar-refractivity contribution in [2.45, 2.75) is 40.0 Å². The molecule has 2 aromatic heterocycles. The Morgan fingerprint density at radius 3 is 2.64 bits per heavy atom. The zero-order chi connectivity index (χ0) is 17.4. The Balaban J connectivity index is 0.00000312. The second-order valence-electron chi connectivity index (χ2n) is 5.52. The maximum atomic E-state index is 5.54. The van der Waals surface area contributed by atoms with Crippen LogP contribution in [0.25, 0.3) is 0 Å². The van der Waals surface area contributed by atoms with Crippen LogP contribution >= 0.6 is 24.0 Å². The van der Waals surface area contributed by atoms with Gasteiger partial charge in [-0.15, -0.1) is 24.0 Å². The number of nitrogens with zero attached hydrogens (tertiary/aromatic N) is 5. The molecule has 0 aliphatic rings. The van der Waals surface area contributed by atoms with Crippen LogP contribution in [-0.2, 0) is 20.1 Å². The van der Waals surface area contributed by atoms with Crippen LogP contribution in [0.4, 0.5) is 0 Å². The van der Waals surface area contributed by atoms with Gasteiger partial charge in [-0.3, -0.25) is 4.68 Å². The van der Waals surface area contributed by atoms with E-state index in [4.69, 9.17) is 4.74 Å². The number of rotatable bonds is 7. The molecule has 0 saturated heterocycles. The molecular formula is C16H26IN7O. The van der Waals surface area contributed by atoms with Gasteiger partial charge in [-0.05, 0) is 26.3 Å². The highest BCUT2D eigenvalue weighted by molar-refractivity contribution is 14.0. The minimum absolute atomic E-state index is 0. The fourth-order valence-corrected chi connectivity index (χ4v) is 1.97. The van der Waals surface area contributed by atoms with Gasteiger partial charge in [0, 0.05) is 25.9 Å². The summed E-state index contributed by atoms with van der Waals surface area (Å²) >= 11 is 0. The number of hydrogen-bond acceptors (Lipinski definition) is 5. The van der Waals surface area contributed by atoms with Crippen LogP contribution in [0, 0.1) is 0 Å². The highest BCUT2D eigenvalue weighted by Crippen LogP contribution is 2.10. The SMILES string of the molecule is CCNC(=NCc1ccc(OC(C)C)nc1)NCc1ncnn1C.I. The molecule has 9 heteroatoms. The van der Waals surface area contributed by atoms with Gasteiger partial charge in [0.25, 0.3) is 0 Å². The summed E-state index contributed by atoms with van der Waals surface area (Å²) in [6, 6.07) is 3.84. The predicted molar refractivity (Wildman–Crippen MR) is 108 cm³/mol. The Morgan fingerprint density at radius 1 is 1.28 bits per heavy atom. The molecule has 0 fully saturated rings. The van der Waals surface area contributed by atoms with Gasteiger partial charge in [0.2, 0.25) is 5.88 Å². The summed E-state index contributed by atoms with van der Waals surface area (Å²) in [5.74, 6) is 2.20. The summed E-state index contributed by atoms with van der Waals surface area (Å²) in [4.78, 5) is 13.0. The lowest BCUT2D eigenvalue weighted by Crippen LogP contribution is -2.37. The summed E-state index contributed by atoms with van der Waals surface area (Å²) in [5.41, 5.74) is 1.02. The van der Waals surface area contributed by atoms with Gasteiger partial charge < -0.3 is 15.4 Å². The lowest BCUT2D eigenvalue weighted by molar-refractivity contribution is 0.232. The first-order valence-electron chi connectivity index (χ1n) is 8.05. The smallest absolute Gasteiger partial charge is 0.213 e. The van der Waals surface area contributed by atoms with Gasteiger partial charge in [0.15, 0.2) is 5.96 Å². The zero-order valence-electron chi connectivity index (χ0n) is 15.1.